The monoisotopic (exact) mass is 558 g/mol. The largest absolute Gasteiger partial charge is 0.494 e. The summed E-state index contributed by atoms with van der Waals surface area (Å²) in [5, 5.41) is 9.95. The van der Waals surface area contributed by atoms with Crippen LogP contribution in [0.1, 0.15) is 12.8 Å². The zero-order valence-electron chi connectivity index (χ0n) is 21.8. The van der Waals surface area contributed by atoms with E-state index < -0.39 is 13.2 Å². The molecule has 0 atom stereocenters. The molecule has 10 nitrogen and oxygen atoms in total. The van der Waals surface area contributed by atoms with Gasteiger partial charge in [-0.2, -0.15) is 4.98 Å². The van der Waals surface area contributed by atoms with E-state index in [2.05, 4.69) is 30.8 Å². The molecular weight excluding hydrogens is 527 g/mol. The molecular formula is C26H32ClN6O4P. The molecule has 0 unspecified atom stereocenters. The van der Waals surface area contributed by atoms with Crippen LogP contribution in [0.25, 0.3) is 0 Å². The number of hydrogen-bond donors (Lipinski definition) is 3. The number of alkyl carbamates (subject to hydrolysis) is 1. The molecule has 2 aromatic carbocycles. The van der Waals surface area contributed by atoms with Gasteiger partial charge in [-0.3, -0.25) is 0 Å². The van der Waals surface area contributed by atoms with E-state index in [0.717, 1.165) is 31.6 Å². The van der Waals surface area contributed by atoms with Gasteiger partial charge < -0.3 is 34.9 Å². The summed E-state index contributed by atoms with van der Waals surface area (Å²) >= 11 is 6.38. The predicted molar refractivity (Wildman–Crippen MR) is 153 cm³/mol. The minimum Gasteiger partial charge on any atom is -0.494 e. The van der Waals surface area contributed by atoms with E-state index in [4.69, 9.17) is 21.1 Å². The summed E-state index contributed by atoms with van der Waals surface area (Å²) in [6.45, 7) is 4.96. The summed E-state index contributed by atoms with van der Waals surface area (Å²) in [6.07, 6.45) is 2.51. The molecule has 0 radical (unpaired) electrons. The van der Waals surface area contributed by atoms with E-state index >= 15 is 0 Å². The molecule has 3 N–H and O–H groups in total. The smallest absolute Gasteiger partial charge is 0.407 e. The fraction of sp³-hybridized carbons (Fsp3) is 0.346. The van der Waals surface area contributed by atoms with Crippen molar-refractivity contribution in [1.29, 1.82) is 0 Å². The molecule has 1 aliphatic heterocycles. The van der Waals surface area contributed by atoms with Crippen LogP contribution < -0.4 is 30.9 Å². The van der Waals surface area contributed by atoms with Crippen molar-refractivity contribution < 1.29 is 18.8 Å². The molecule has 38 heavy (non-hydrogen) atoms. The highest BCUT2D eigenvalue weighted by Crippen LogP contribution is 2.39. The molecule has 0 bridgehead atoms. The van der Waals surface area contributed by atoms with Crippen molar-refractivity contribution in [3.05, 3.63) is 53.7 Å². The number of halogens is 1. The number of carbonyl (C=O) groups is 1. The Balaban J connectivity index is 1.49. The molecule has 1 amide bonds. The van der Waals surface area contributed by atoms with Gasteiger partial charge in [0.05, 0.1) is 24.7 Å². The third-order valence-corrected chi connectivity index (χ3v) is 8.02. The molecule has 12 heteroatoms. The van der Waals surface area contributed by atoms with E-state index in [1.165, 1.54) is 6.20 Å². The average Bonchev–Trinajstić information content (AvgIpc) is 2.91. The number of amides is 1. The van der Waals surface area contributed by atoms with Gasteiger partial charge in [-0.15, -0.1) is 0 Å². The number of ether oxygens (including phenoxy) is 2. The Morgan fingerprint density at radius 1 is 1.11 bits per heavy atom. The van der Waals surface area contributed by atoms with Crippen molar-refractivity contribution in [2.45, 2.75) is 18.9 Å². The highest BCUT2D eigenvalue weighted by atomic mass is 35.5. The summed E-state index contributed by atoms with van der Waals surface area (Å²) in [5.74, 6) is 1.34. The Labute approximate surface area is 227 Å². The molecule has 0 saturated carbocycles. The highest BCUT2D eigenvalue weighted by molar-refractivity contribution is 7.70. The van der Waals surface area contributed by atoms with Crippen molar-refractivity contribution >= 4 is 59.0 Å². The van der Waals surface area contributed by atoms with E-state index in [1.807, 2.05) is 42.5 Å². The molecule has 202 valence electrons. The van der Waals surface area contributed by atoms with E-state index in [-0.39, 0.29) is 6.10 Å². The standard InChI is InChI=1S/C26H32ClN6O4P/c1-28-26(34)37-18-11-13-33(14-12-18)17-9-10-20(22(15-17)36-2)31-25-29-16-19(27)24(32-25)30-21-7-5-6-8-23(21)38(3,4)35/h5-10,15-16,18H,11-14H2,1-4H3,(H,28,34)(H2,29,30,31,32). The first-order chi connectivity index (χ1) is 18.2. The Kier molecular flexibility index (Phi) is 8.64. The number of carbonyl (C=O) groups excluding carboxylic acids is 1. The number of nitrogens with one attached hydrogen (secondary N) is 3. The minimum absolute atomic E-state index is 0.0903. The number of anilines is 5. The third-order valence-electron chi connectivity index (χ3n) is 6.20. The number of hydrogen-bond acceptors (Lipinski definition) is 9. The summed E-state index contributed by atoms with van der Waals surface area (Å²) < 4.78 is 23.8. The first kappa shape index (κ1) is 27.5. The van der Waals surface area contributed by atoms with Crippen LogP contribution in [-0.4, -0.2) is 62.7 Å². The second kappa shape index (κ2) is 11.9. The molecule has 4 rings (SSSR count). The van der Waals surface area contributed by atoms with E-state index in [1.54, 1.807) is 27.5 Å². The number of methoxy groups -OCH3 is 1. The average molecular weight is 559 g/mol. The maximum Gasteiger partial charge on any atom is 0.407 e. The van der Waals surface area contributed by atoms with Crippen LogP contribution in [-0.2, 0) is 9.30 Å². The van der Waals surface area contributed by atoms with Crippen LogP contribution in [0, 0.1) is 0 Å². The molecule has 1 aliphatic rings. The van der Waals surface area contributed by atoms with Crippen LogP contribution in [0.15, 0.2) is 48.7 Å². The minimum atomic E-state index is -2.52. The fourth-order valence-electron chi connectivity index (χ4n) is 4.23. The lowest BCUT2D eigenvalue weighted by molar-refractivity contribution is 0.0849. The maximum absolute atomic E-state index is 12.7. The van der Waals surface area contributed by atoms with Crippen molar-refractivity contribution in [2.75, 3.05) is 56.1 Å². The first-order valence-electron chi connectivity index (χ1n) is 12.2. The third kappa shape index (κ3) is 6.68. The van der Waals surface area contributed by atoms with E-state index in [0.29, 0.717) is 39.2 Å². The number of benzene rings is 2. The first-order valence-corrected chi connectivity index (χ1v) is 15.2. The number of rotatable bonds is 8. The summed E-state index contributed by atoms with van der Waals surface area (Å²) in [6, 6.07) is 13.2. The van der Waals surface area contributed by atoms with Crippen molar-refractivity contribution in [3.8, 4) is 5.75 Å². The topological polar surface area (TPSA) is 118 Å². The number of piperidine rings is 1. The Morgan fingerprint density at radius 2 is 1.84 bits per heavy atom. The SMILES string of the molecule is CNC(=O)OC1CCN(c2ccc(Nc3ncc(Cl)c(Nc4ccccc4P(C)(C)=O)n3)c(OC)c2)CC1. The van der Waals surface area contributed by atoms with Crippen molar-refractivity contribution in [1.82, 2.24) is 15.3 Å². The maximum atomic E-state index is 12.7. The number of aromatic nitrogens is 2. The normalized spacial score (nSPS) is 14.1. The molecule has 0 aliphatic carbocycles. The van der Waals surface area contributed by atoms with Gasteiger partial charge in [0.25, 0.3) is 0 Å². The number of para-hydroxylation sites is 1. The van der Waals surface area contributed by atoms with Crippen molar-refractivity contribution in [3.63, 3.8) is 0 Å². The van der Waals surface area contributed by atoms with Gasteiger partial charge in [-0.05, 0) is 37.6 Å². The number of nitrogens with zero attached hydrogens (tertiary/aromatic N) is 3. The summed E-state index contributed by atoms with van der Waals surface area (Å²) in [4.78, 5) is 22.6. The second-order valence-corrected chi connectivity index (χ2v) is 12.8. The summed E-state index contributed by atoms with van der Waals surface area (Å²) in [5.41, 5.74) is 2.37. The zero-order valence-corrected chi connectivity index (χ0v) is 23.5. The van der Waals surface area contributed by atoms with Gasteiger partial charge in [0.15, 0.2) is 5.82 Å². The van der Waals surface area contributed by atoms with Gasteiger partial charge >= 0.3 is 6.09 Å². The zero-order chi connectivity index (χ0) is 27.3. The van der Waals surface area contributed by atoms with Gasteiger partial charge in [0.1, 0.15) is 24.0 Å². The van der Waals surface area contributed by atoms with Crippen LogP contribution in [0.2, 0.25) is 5.02 Å². The van der Waals surface area contributed by atoms with E-state index in [9.17, 15) is 9.36 Å². The lowest BCUT2D eigenvalue weighted by atomic mass is 10.1. The Bertz CT molecular complexity index is 1340. The van der Waals surface area contributed by atoms with Gasteiger partial charge in [-0.25, -0.2) is 9.78 Å². The predicted octanol–water partition coefficient (Wildman–Crippen LogP) is 5.20. The quantitative estimate of drug-likeness (QED) is 0.321. The second-order valence-electron chi connectivity index (χ2n) is 9.23. The molecule has 1 fully saturated rings. The van der Waals surface area contributed by atoms with Crippen molar-refractivity contribution in [2.24, 2.45) is 0 Å². The van der Waals surface area contributed by atoms with Crippen LogP contribution >= 0.6 is 18.7 Å². The van der Waals surface area contributed by atoms with Gasteiger partial charge in [-0.1, -0.05) is 23.7 Å². The lowest BCUT2D eigenvalue weighted by Gasteiger charge is -2.33. The van der Waals surface area contributed by atoms with Gasteiger partial charge in [0, 0.05) is 50.0 Å². The fourth-order valence-corrected chi connectivity index (χ4v) is 5.53. The van der Waals surface area contributed by atoms with Crippen LogP contribution in [0.5, 0.6) is 5.75 Å². The lowest BCUT2D eigenvalue weighted by Crippen LogP contribution is -2.39. The molecule has 2 heterocycles. The summed E-state index contributed by atoms with van der Waals surface area (Å²) in [7, 11) is 0.639. The van der Waals surface area contributed by atoms with Gasteiger partial charge in [0.2, 0.25) is 5.95 Å². The van der Waals surface area contributed by atoms with Crippen LogP contribution in [0.4, 0.5) is 33.6 Å². The van der Waals surface area contributed by atoms with Crippen LogP contribution in [0.3, 0.4) is 0 Å². The molecule has 0 spiro atoms. The highest BCUT2D eigenvalue weighted by Gasteiger charge is 2.23. The molecule has 1 aromatic heterocycles. The molecule has 1 saturated heterocycles. The Morgan fingerprint density at radius 3 is 2.53 bits per heavy atom. The molecule has 3 aromatic rings. The Hall–Kier alpha value is -3.49.